The average molecular weight is 222 g/mol. The maximum absolute atomic E-state index is 10.8. The number of carboxylic acid groups (broad SMARTS) is 1. The zero-order valence-electron chi connectivity index (χ0n) is 9.10. The molecule has 1 atom stereocenters. The third-order valence-electron chi connectivity index (χ3n) is 2.61. The van der Waals surface area contributed by atoms with E-state index in [1.165, 1.54) is 0 Å². The van der Waals surface area contributed by atoms with Gasteiger partial charge in [0, 0.05) is 6.07 Å². The maximum Gasteiger partial charge on any atom is 0.310 e. The van der Waals surface area contributed by atoms with Crippen molar-refractivity contribution >= 4 is 5.97 Å². The van der Waals surface area contributed by atoms with E-state index < -0.39 is 11.9 Å². The summed E-state index contributed by atoms with van der Waals surface area (Å²) in [4.78, 5) is 10.8. The minimum atomic E-state index is -0.806. The molecule has 0 aliphatic carbocycles. The molecule has 1 aliphatic rings. The van der Waals surface area contributed by atoms with Crippen molar-refractivity contribution in [1.82, 2.24) is 0 Å². The van der Waals surface area contributed by atoms with Crippen LogP contribution in [0.25, 0.3) is 0 Å². The topological polar surface area (TPSA) is 55.8 Å². The molecule has 1 heterocycles. The Morgan fingerprint density at radius 2 is 2.44 bits per heavy atom. The third kappa shape index (κ3) is 2.10. The van der Waals surface area contributed by atoms with Crippen LogP contribution in [0.2, 0.25) is 0 Å². The lowest BCUT2D eigenvalue weighted by atomic mass is 9.97. The van der Waals surface area contributed by atoms with Gasteiger partial charge in [0.2, 0.25) is 0 Å². The van der Waals surface area contributed by atoms with Crippen LogP contribution >= 0.6 is 0 Å². The molecule has 0 saturated heterocycles. The second-order valence-corrected chi connectivity index (χ2v) is 3.75. The highest BCUT2D eigenvalue weighted by Gasteiger charge is 2.25. The smallest absolute Gasteiger partial charge is 0.310 e. The summed E-state index contributed by atoms with van der Waals surface area (Å²) in [5.74, 6) is 0.253. The largest absolute Gasteiger partial charge is 0.494 e. The minimum absolute atomic E-state index is 0.234. The lowest BCUT2D eigenvalue weighted by molar-refractivity contribution is -0.143. The van der Waals surface area contributed by atoms with Gasteiger partial charge >= 0.3 is 5.97 Å². The second kappa shape index (κ2) is 4.43. The van der Waals surface area contributed by atoms with Gasteiger partial charge in [-0.15, -0.1) is 0 Å². The van der Waals surface area contributed by atoms with Gasteiger partial charge in [-0.2, -0.15) is 0 Å². The fourth-order valence-electron chi connectivity index (χ4n) is 1.77. The lowest BCUT2D eigenvalue weighted by Gasteiger charge is -2.22. The minimum Gasteiger partial charge on any atom is -0.494 e. The standard InChI is InChI=1S/C12H14O4/c1-2-15-10-4-3-8-5-9(12(13)14)7-16-11(8)6-10/h3-4,6,9H,2,5,7H2,1H3,(H,13,14). The molecule has 86 valence electrons. The van der Waals surface area contributed by atoms with Crippen LogP contribution in [0.4, 0.5) is 0 Å². The van der Waals surface area contributed by atoms with E-state index in [0.717, 1.165) is 17.1 Å². The van der Waals surface area contributed by atoms with E-state index in [-0.39, 0.29) is 6.61 Å². The fraction of sp³-hybridized carbons (Fsp3) is 0.417. The number of ether oxygens (including phenoxy) is 2. The van der Waals surface area contributed by atoms with E-state index in [1.54, 1.807) is 0 Å². The summed E-state index contributed by atoms with van der Waals surface area (Å²) in [6.45, 7) is 2.76. The Morgan fingerprint density at radius 1 is 1.62 bits per heavy atom. The van der Waals surface area contributed by atoms with E-state index in [4.69, 9.17) is 14.6 Å². The molecule has 0 saturated carbocycles. The normalized spacial score (nSPS) is 18.4. The van der Waals surface area contributed by atoms with Crippen LogP contribution in [0.1, 0.15) is 12.5 Å². The molecule has 1 aromatic rings. The van der Waals surface area contributed by atoms with E-state index in [0.29, 0.717) is 13.0 Å². The van der Waals surface area contributed by atoms with Gasteiger partial charge in [-0.05, 0) is 25.0 Å². The molecule has 0 radical (unpaired) electrons. The Bertz CT molecular complexity index is 400. The first kappa shape index (κ1) is 10.8. The van der Waals surface area contributed by atoms with Crippen LogP contribution in [-0.2, 0) is 11.2 Å². The Kier molecular flexibility index (Phi) is 2.99. The molecule has 0 amide bonds. The number of fused-ring (bicyclic) bond motifs is 1. The quantitative estimate of drug-likeness (QED) is 0.846. The second-order valence-electron chi connectivity index (χ2n) is 3.75. The zero-order chi connectivity index (χ0) is 11.5. The van der Waals surface area contributed by atoms with Crippen molar-refractivity contribution in [3.63, 3.8) is 0 Å². The maximum atomic E-state index is 10.8. The number of hydrogen-bond donors (Lipinski definition) is 1. The average Bonchev–Trinajstić information content (AvgIpc) is 2.28. The monoisotopic (exact) mass is 222 g/mol. The van der Waals surface area contributed by atoms with Crippen molar-refractivity contribution in [2.75, 3.05) is 13.2 Å². The highest BCUT2D eigenvalue weighted by molar-refractivity contribution is 5.71. The van der Waals surface area contributed by atoms with Gasteiger partial charge in [0.05, 0.1) is 12.5 Å². The van der Waals surface area contributed by atoms with Gasteiger partial charge in [0.1, 0.15) is 18.1 Å². The summed E-state index contributed by atoms with van der Waals surface area (Å²) in [7, 11) is 0. The van der Waals surface area contributed by atoms with Gasteiger partial charge in [-0.25, -0.2) is 0 Å². The Hall–Kier alpha value is -1.71. The first-order chi connectivity index (χ1) is 7.70. The highest BCUT2D eigenvalue weighted by Crippen LogP contribution is 2.31. The van der Waals surface area contributed by atoms with Gasteiger partial charge in [-0.3, -0.25) is 4.79 Å². The summed E-state index contributed by atoms with van der Waals surface area (Å²) in [5, 5.41) is 8.90. The van der Waals surface area contributed by atoms with Gasteiger partial charge < -0.3 is 14.6 Å². The van der Waals surface area contributed by atoms with Crippen LogP contribution in [0.3, 0.4) is 0 Å². The molecule has 0 aromatic heterocycles. The molecule has 1 aromatic carbocycles. The number of aliphatic carboxylic acids is 1. The predicted molar refractivity (Wildman–Crippen MR) is 57.9 cm³/mol. The Labute approximate surface area is 93.8 Å². The third-order valence-corrected chi connectivity index (χ3v) is 2.61. The van der Waals surface area contributed by atoms with Crippen molar-refractivity contribution in [2.45, 2.75) is 13.3 Å². The summed E-state index contributed by atoms with van der Waals surface area (Å²) < 4.78 is 10.8. The molecule has 0 bridgehead atoms. The molecular weight excluding hydrogens is 208 g/mol. The van der Waals surface area contributed by atoms with Crippen molar-refractivity contribution in [3.8, 4) is 11.5 Å². The number of hydrogen-bond acceptors (Lipinski definition) is 3. The van der Waals surface area contributed by atoms with Crippen LogP contribution in [0.15, 0.2) is 18.2 Å². The van der Waals surface area contributed by atoms with E-state index in [9.17, 15) is 4.79 Å². The lowest BCUT2D eigenvalue weighted by Crippen LogP contribution is -2.27. The van der Waals surface area contributed by atoms with E-state index in [1.807, 2.05) is 25.1 Å². The fourth-order valence-corrected chi connectivity index (χ4v) is 1.77. The molecule has 1 N–H and O–H groups in total. The molecule has 0 spiro atoms. The van der Waals surface area contributed by atoms with Crippen LogP contribution in [-0.4, -0.2) is 24.3 Å². The Balaban J connectivity index is 2.18. The molecule has 16 heavy (non-hydrogen) atoms. The predicted octanol–water partition coefficient (Wildman–Crippen LogP) is 1.72. The number of rotatable bonds is 3. The van der Waals surface area contributed by atoms with Gasteiger partial charge in [-0.1, -0.05) is 6.07 Å². The van der Waals surface area contributed by atoms with E-state index in [2.05, 4.69) is 0 Å². The van der Waals surface area contributed by atoms with Crippen molar-refractivity contribution in [1.29, 1.82) is 0 Å². The van der Waals surface area contributed by atoms with Crippen LogP contribution in [0.5, 0.6) is 11.5 Å². The molecule has 4 heteroatoms. The van der Waals surface area contributed by atoms with Crippen molar-refractivity contribution in [3.05, 3.63) is 23.8 Å². The zero-order valence-corrected chi connectivity index (χ0v) is 9.10. The number of benzene rings is 1. The highest BCUT2D eigenvalue weighted by atomic mass is 16.5. The summed E-state index contributed by atoms with van der Waals surface area (Å²) in [6, 6.07) is 5.53. The summed E-state index contributed by atoms with van der Waals surface area (Å²) >= 11 is 0. The first-order valence-electron chi connectivity index (χ1n) is 5.32. The molecular formula is C12H14O4. The van der Waals surface area contributed by atoms with Crippen LogP contribution in [0, 0.1) is 5.92 Å². The molecule has 1 aliphatic heterocycles. The molecule has 2 rings (SSSR count). The van der Waals surface area contributed by atoms with Crippen molar-refractivity contribution in [2.24, 2.45) is 5.92 Å². The van der Waals surface area contributed by atoms with E-state index >= 15 is 0 Å². The van der Waals surface area contributed by atoms with Crippen molar-refractivity contribution < 1.29 is 19.4 Å². The molecule has 4 nitrogen and oxygen atoms in total. The van der Waals surface area contributed by atoms with Gasteiger partial charge in [0.25, 0.3) is 0 Å². The summed E-state index contributed by atoms with van der Waals surface area (Å²) in [6.07, 6.45) is 0.525. The van der Waals surface area contributed by atoms with Gasteiger partial charge in [0.15, 0.2) is 0 Å². The number of carboxylic acids is 1. The summed E-state index contributed by atoms with van der Waals surface area (Å²) in [5.41, 5.74) is 0.933. The number of carbonyl (C=O) groups is 1. The molecule has 0 fully saturated rings. The first-order valence-corrected chi connectivity index (χ1v) is 5.32. The molecule has 1 unspecified atom stereocenters. The van der Waals surface area contributed by atoms with Crippen LogP contribution < -0.4 is 9.47 Å². The Morgan fingerprint density at radius 3 is 3.12 bits per heavy atom. The SMILES string of the molecule is CCOc1ccc2c(c1)OCC(C(=O)O)C2.